The SMILES string of the molecule is [Rb].[Rb].[Y].[Y].[c-]1ccc(CC2CC[CH-]CC2)cc1. The van der Waals surface area contributed by atoms with Gasteiger partial charge in [-0.3, -0.25) is 0 Å². The van der Waals surface area contributed by atoms with Crippen LogP contribution < -0.4 is 0 Å². The van der Waals surface area contributed by atoms with E-state index in [0.717, 1.165) is 5.92 Å². The molecule has 1 fully saturated rings. The summed E-state index contributed by atoms with van der Waals surface area (Å²) in [6.45, 7) is 0. The molecule has 0 spiro atoms. The number of hydrogen-bond donors (Lipinski definition) is 0. The Hall–Kier alpha value is 5.04. The van der Waals surface area contributed by atoms with Crippen molar-refractivity contribution in [3.8, 4) is 0 Å². The summed E-state index contributed by atoms with van der Waals surface area (Å²) in [7, 11) is 0. The van der Waals surface area contributed by atoms with E-state index < -0.39 is 0 Å². The van der Waals surface area contributed by atoms with E-state index in [1.165, 1.54) is 37.7 Å². The van der Waals surface area contributed by atoms with Crippen LogP contribution in [0.4, 0.5) is 0 Å². The van der Waals surface area contributed by atoms with E-state index in [9.17, 15) is 0 Å². The number of benzene rings is 1. The molecular formula is C13H16Rb2Y2-2. The summed E-state index contributed by atoms with van der Waals surface area (Å²) in [6.07, 6.45) is 9.11. The molecule has 0 bridgehead atoms. The minimum atomic E-state index is 0. The molecule has 0 aliphatic heterocycles. The molecule has 2 rings (SSSR count). The zero-order valence-corrected chi connectivity index (χ0v) is 26.7. The maximum atomic E-state index is 3.06. The van der Waals surface area contributed by atoms with Gasteiger partial charge in [-0.05, 0) is 12.3 Å². The Morgan fingerprint density at radius 1 is 1.06 bits per heavy atom. The van der Waals surface area contributed by atoms with Gasteiger partial charge in [-0.2, -0.15) is 48.7 Å². The van der Waals surface area contributed by atoms with Crippen LogP contribution >= 0.6 is 0 Å². The van der Waals surface area contributed by atoms with E-state index in [4.69, 9.17) is 0 Å². The van der Waals surface area contributed by atoms with Gasteiger partial charge in [0.25, 0.3) is 0 Å². The van der Waals surface area contributed by atoms with E-state index >= 15 is 0 Å². The Kier molecular flexibility index (Phi) is 27.5. The predicted octanol–water partition coefficient (Wildman–Crippen LogP) is 2.66. The van der Waals surface area contributed by atoms with Crippen LogP contribution in [0.2, 0.25) is 0 Å². The maximum absolute atomic E-state index is 3.06. The largest absolute Gasteiger partial charge is 0.328 e. The van der Waals surface area contributed by atoms with E-state index in [-0.39, 0.29) is 182 Å². The van der Waals surface area contributed by atoms with Crippen molar-refractivity contribution >= 4 is 116 Å². The maximum Gasteiger partial charge on any atom is 0 e. The summed E-state index contributed by atoms with van der Waals surface area (Å²) in [5.74, 6) is 0.924. The number of hydrogen-bond acceptors (Lipinski definition) is 0. The van der Waals surface area contributed by atoms with Gasteiger partial charge in [-0.25, -0.2) is 0 Å². The van der Waals surface area contributed by atoms with Crippen molar-refractivity contribution < 1.29 is 65.4 Å². The van der Waals surface area contributed by atoms with Crippen molar-refractivity contribution in [3.63, 3.8) is 0 Å². The number of rotatable bonds is 2. The molecule has 1 aromatic carbocycles. The molecule has 78 valence electrons. The second-order valence-corrected chi connectivity index (χ2v) is 3.92. The van der Waals surface area contributed by atoms with Crippen LogP contribution in [-0.2, 0) is 71.8 Å². The van der Waals surface area contributed by atoms with Gasteiger partial charge in [0.2, 0.25) is 0 Å². The third-order valence-corrected chi connectivity index (χ3v) is 2.87. The fourth-order valence-electron chi connectivity index (χ4n) is 2.09. The molecule has 0 aromatic heterocycles. The average molecular weight is 521 g/mol. The molecule has 4 heteroatoms. The van der Waals surface area contributed by atoms with Gasteiger partial charge in [0.15, 0.2) is 0 Å². The summed E-state index contributed by atoms with van der Waals surface area (Å²) < 4.78 is 0. The zero-order chi connectivity index (χ0) is 8.93. The first-order chi connectivity index (χ1) is 6.45. The van der Waals surface area contributed by atoms with Crippen LogP contribution in [0.25, 0.3) is 0 Å². The van der Waals surface area contributed by atoms with Crippen molar-refractivity contribution in [2.45, 2.75) is 32.1 Å². The van der Waals surface area contributed by atoms with Crippen LogP contribution in [0, 0.1) is 18.4 Å². The molecule has 0 unspecified atom stereocenters. The first kappa shape index (κ1) is 26.9. The average Bonchev–Trinajstić information content (AvgIpc) is 2.21. The van der Waals surface area contributed by atoms with Gasteiger partial charge >= 0.3 is 0 Å². The normalized spacial score (nSPS) is 14.4. The molecule has 0 atom stereocenters. The molecule has 1 aliphatic carbocycles. The molecule has 0 amide bonds. The molecule has 1 aliphatic rings. The minimum absolute atomic E-state index is 0. The fourth-order valence-corrected chi connectivity index (χ4v) is 2.09. The van der Waals surface area contributed by atoms with Crippen LogP contribution in [0.5, 0.6) is 0 Å². The summed E-state index contributed by atoms with van der Waals surface area (Å²) in [5, 5.41) is 0. The molecule has 0 N–H and O–H groups in total. The van der Waals surface area contributed by atoms with Crippen LogP contribution in [0.3, 0.4) is 0 Å². The fraction of sp³-hybridized carbons (Fsp3) is 0.462. The first-order valence-electron chi connectivity index (χ1n) is 5.22. The molecule has 0 nitrogen and oxygen atoms in total. The summed E-state index contributed by atoms with van der Waals surface area (Å²) in [4.78, 5) is 0. The molecule has 0 saturated heterocycles. The zero-order valence-electron chi connectivity index (χ0n) is 11.2. The van der Waals surface area contributed by atoms with E-state index in [1.54, 1.807) is 0 Å². The Morgan fingerprint density at radius 2 is 1.59 bits per heavy atom. The molecule has 1 aromatic rings. The molecular weight excluding hydrogens is 505 g/mol. The monoisotopic (exact) mass is 520 g/mol. The Balaban J connectivity index is -0.000000490. The Bertz CT molecular complexity index is 249. The van der Waals surface area contributed by atoms with Crippen molar-refractivity contribution in [1.82, 2.24) is 0 Å². The van der Waals surface area contributed by atoms with Crippen molar-refractivity contribution in [2.24, 2.45) is 5.92 Å². The van der Waals surface area contributed by atoms with Gasteiger partial charge in [0.05, 0.1) is 0 Å². The predicted molar refractivity (Wildman–Crippen MR) is 66.7 cm³/mol. The molecule has 0 heterocycles. The van der Waals surface area contributed by atoms with E-state index in [1.807, 2.05) is 12.1 Å². The van der Waals surface area contributed by atoms with Crippen LogP contribution in [0.15, 0.2) is 24.3 Å². The van der Waals surface area contributed by atoms with Gasteiger partial charge in [-0.15, -0.1) is 0 Å². The van der Waals surface area contributed by atoms with Crippen molar-refractivity contribution in [1.29, 1.82) is 0 Å². The second kappa shape index (κ2) is 17.4. The quantitative estimate of drug-likeness (QED) is 0.526. The first-order valence-corrected chi connectivity index (χ1v) is 5.22. The smallest absolute Gasteiger partial charge is 0 e. The Morgan fingerprint density at radius 3 is 2.12 bits per heavy atom. The van der Waals surface area contributed by atoms with Crippen molar-refractivity contribution in [3.05, 3.63) is 42.3 Å². The van der Waals surface area contributed by atoms with Gasteiger partial charge in [0.1, 0.15) is 0 Å². The standard InChI is InChI=1S/C13H16.2Rb.2Y/c1-3-7-12(8-4-1)11-13-9-5-2-6-10-13;;;;/h1,5-6,9-10,12H,3-4,7-8,11H2;;;;/q-2;;;;. The van der Waals surface area contributed by atoms with E-state index in [2.05, 4.69) is 24.6 Å². The van der Waals surface area contributed by atoms with Crippen LogP contribution in [-0.4, -0.2) is 116 Å². The molecule has 4 radical (unpaired) electrons. The topological polar surface area (TPSA) is 0 Å². The second-order valence-electron chi connectivity index (χ2n) is 3.92. The van der Waals surface area contributed by atoms with E-state index in [0.29, 0.717) is 0 Å². The molecule has 17 heavy (non-hydrogen) atoms. The van der Waals surface area contributed by atoms with Gasteiger partial charge < -0.3 is 6.42 Å². The third kappa shape index (κ3) is 12.2. The van der Waals surface area contributed by atoms with Crippen LogP contribution in [0.1, 0.15) is 31.2 Å². The third-order valence-electron chi connectivity index (χ3n) is 2.87. The van der Waals surface area contributed by atoms with Gasteiger partial charge in [0, 0.05) is 182 Å². The summed E-state index contributed by atoms with van der Waals surface area (Å²) in [6, 6.07) is 11.5. The van der Waals surface area contributed by atoms with Crippen molar-refractivity contribution in [2.75, 3.05) is 0 Å². The summed E-state index contributed by atoms with van der Waals surface area (Å²) in [5.41, 5.74) is 1.48. The summed E-state index contributed by atoms with van der Waals surface area (Å²) >= 11 is 0. The van der Waals surface area contributed by atoms with Gasteiger partial charge in [-0.1, -0.05) is 12.8 Å². The Labute approximate surface area is 254 Å². The minimum Gasteiger partial charge on any atom is -0.328 e. The molecule has 1 saturated carbocycles.